The first-order chi connectivity index (χ1) is 8.76. The average molecular weight is 270 g/mol. The van der Waals surface area contributed by atoms with Gasteiger partial charge in [0, 0.05) is 17.9 Å². The Hall–Kier alpha value is -0.650. The number of nitrogens with one attached hydrogen (secondary N) is 1. The molecule has 1 saturated heterocycles. The molecule has 1 amide bonds. The molecule has 0 radical (unpaired) electrons. The van der Waals surface area contributed by atoms with Crippen LogP contribution < -0.4 is 11.1 Å². The first-order valence-electron chi connectivity index (χ1n) is 7.09. The minimum absolute atomic E-state index is 0.0650. The van der Waals surface area contributed by atoms with Crippen LogP contribution in [0.2, 0.25) is 0 Å². The zero-order chi connectivity index (χ0) is 14.4. The fraction of sp³-hybridized carbons (Fsp3) is 0.929. The number of aliphatic hydroxyl groups excluding tert-OH is 1. The lowest BCUT2D eigenvalue weighted by molar-refractivity contribution is -0.176. The van der Waals surface area contributed by atoms with Gasteiger partial charge >= 0.3 is 0 Å². The highest BCUT2D eigenvalue weighted by molar-refractivity contribution is 5.89. The molecule has 4 N–H and O–H groups in total. The van der Waals surface area contributed by atoms with Crippen LogP contribution in [-0.4, -0.2) is 41.9 Å². The first kappa shape index (κ1) is 14.8. The van der Waals surface area contributed by atoms with Gasteiger partial charge in [0.05, 0.1) is 18.8 Å². The number of aliphatic hydroxyl groups is 1. The van der Waals surface area contributed by atoms with Crippen LogP contribution >= 0.6 is 0 Å². The topological polar surface area (TPSA) is 84.6 Å². The van der Waals surface area contributed by atoms with Crippen molar-refractivity contribution in [1.82, 2.24) is 5.32 Å². The van der Waals surface area contributed by atoms with Crippen LogP contribution in [0.1, 0.15) is 34.1 Å². The lowest BCUT2D eigenvalue weighted by Gasteiger charge is -2.60. The van der Waals surface area contributed by atoms with Gasteiger partial charge in [-0.1, -0.05) is 27.7 Å². The highest BCUT2D eigenvalue weighted by Gasteiger charge is 2.71. The molecule has 3 unspecified atom stereocenters. The van der Waals surface area contributed by atoms with Crippen LogP contribution in [0, 0.1) is 17.3 Å². The molecule has 5 heteroatoms. The zero-order valence-corrected chi connectivity index (χ0v) is 12.3. The summed E-state index contributed by atoms with van der Waals surface area (Å²) in [7, 11) is 0. The third-order valence-corrected chi connectivity index (χ3v) is 5.15. The van der Waals surface area contributed by atoms with Gasteiger partial charge < -0.3 is 20.9 Å². The Morgan fingerprint density at radius 1 is 1.53 bits per heavy atom. The number of amides is 1. The summed E-state index contributed by atoms with van der Waals surface area (Å²) in [6, 6.07) is -0.245. The molecule has 19 heavy (non-hydrogen) atoms. The van der Waals surface area contributed by atoms with E-state index >= 15 is 0 Å². The van der Waals surface area contributed by atoms with Crippen LogP contribution in [0.3, 0.4) is 0 Å². The minimum atomic E-state index is -0.892. The van der Waals surface area contributed by atoms with Gasteiger partial charge in [-0.25, -0.2) is 0 Å². The summed E-state index contributed by atoms with van der Waals surface area (Å²) in [4.78, 5) is 12.6. The molecule has 2 aliphatic rings. The van der Waals surface area contributed by atoms with Gasteiger partial charge in [-0.2, -0.15) is 0 Å². The smallest absolute Gasteiger partial charge is 0.241 e. The quantitative estimate of drug-likeness (QED) is 0.684. The third-order valence-electron chi connectivity index (χ3n) is 5.15. The summed E-state index contributed by atoms with van der Waals surface area (Å²) >= 11 is 0. The van der Waals surface area contributed by atoms with E-state index in [1.54, 1.807) is 0 Å². The Kier molecular flexibility index (Phi) is 3.66. The Morgan fingerprint density at radius 3 is 2.68 bits per heavy atom. The predicted octanol–water partition coefficient (Wildman–Crippen LogP) is 0.262. The van der Waals surface area contributed by atoms with Gasteiger partial charge in [0.1, 0.15) is 5.54 Å². The van der Waals surface area contributed by atoms with Crippen molar-refractivity contribution in [3.05, 3.63) is 0 Å². The van der Waals surface area contributed by atoms with Crippen molar-refractivity contribution in [2.45, 2.75) is 51.8 Å². The van der Waals surface area contributed by atoms with Gasteiger partial charge in [-0.05, 0) is 12.3 Å². The summed E-state index contributed by atoms with van der Waals surface area (Å²) in [5.74, 6) is 0.113. The van der Waals surface area contributed by atoms with Crippen LogP contribution in [0.4, 0.5) is 0 Å². The van der Waals surface area contributed by atoms with Crippen molar-refractivity contribution < 1.29 is 14.6 Å². The standard InChI is InChI=1S/C14H26N2O3/c1-8(2)10(7-17)16-12(18)14(15)9-5-6-19-11(9)13(14,3)4/h8-11,17H,5-7,15H2,1-4H3,(H,16,18)/t9?,10-,11?,14?/m1/s1. The summed E-state index contributed by atoms with van der Waals surface area (Å²) in [5, 5.41) is 12.2. The Balaban J connectivity index is 2.14. The average Bonchev–Trinajstić information content (AvgIpc) is 2.81. The number of hydrogen-bond donors (Lipinski definition) is 3. The maximum absolute atomic E-state index is 12.6. The van der Waals surface area contributed by atoms with Crippen LogP contribution in [-0.2, 0) is 9.53 Å². The molecule has 4 atom stereocenters. The molecule has 1 aliphatic carbocycles. The van der Waals surface area contributed by atoms with Gasteiger partial charge in [0.25, 0.3) is 0 Å². The Labute approximate surface area is 114 Å². The normalized spacial score (nSPS) is 37.6. The highest BCUT2D eigenvalue weighted by Crippen LogP contribution is 2.58. The van der Waals surface area contributed by atoms with E-state index in [1.807, 2.05) is 27.7 Å². The van der Waals surface area contributed by atoms with Gasteiger partial charge in [-0.3, -0.25) is 4.79 Å². The lowest BCUT2D eigenvalue weighted by atomic mass is 9.48. The molecule has 1 saturated carbocycles. The van der Waals surface area contributed by atoms with Gasteiger partial charge in [-0.15, -0.1) is 0 Å². The van der Waals surface area contributed by atoms with Crippen molar-refractivity contribution in [3.8, 4) is 0 Å². The van der Waals surface area contributed by atoms with E-state index in [0.717, 1.165) is 6.42 Å². The number of nitrogens with two attached hydrogens (primary N) is 1. The molecule has 0 aromatic carbocycles. The second-order valence-corrected chi connectivity index (χ2v) is 6.78. The molecular weight excluding hydrogens is 244 g/mol. The molecule has 110 valence electrons. The van der Waals surface area contributed by atoms with E-state index in [1.165, 1.54) is 0 Å². The molecule has 5 nitrogen and oxygen atoms in total. The lowest BCUT2D eigenvalue weighted by Crippen LogP contribution is -2.80. The van der Waals surface area contributed by atoms with E-state index in [4.69, 9.17) is 10.5 Å². The number of ether oxygens (including phenoxy) is 1. The van der Waals surface area contributed by atoms with Crippen molar-refractivity contribution in [2.75, 3.05) is 13.2 Å². The maximum atomic E-state index is 12.6. The molecular formula is C14H26N2O3. The van der Waals surface area contributed by atoms with E-state index < -0.39 is 5.54 Å². The molecule has 0 aromatic heterocycles. The fourth-order valence-corrected chi connectivity index (χ4v) is 3.56. The molecule has 0 aromatic rings. The molecule has 1 aliphatic heterocycles. The number of carbonyl (C=O) groups excluding carboxylic acids is 1. The monoisotopic (exact) mass is 270 g/mol. The second kappa shape index (κ2) is 4.72. The number of fused-ring (bicyclic) bond motifs is 1. The van der Waals surface area contributed by atoms with Crippen LogP contribution in [0.25, 0.3) is 0 Å². The predicted molar refractivity (Wildman–Crippen MR) is 72.4 cm³/mol. The second-order valence-electron chi connectivity index (χ2n) is 6.78. The van der Waals surface area contributed by atoms with Gasteiger partial charge in [0.15, 0.2) is 0 Å². The van der Waals surface area contributed by atoms with E-state index in [0.29, 0.717) is 6.61 Å². The van der Waals surface area contributed by atoms with Crippen LogP contribution in [0.15, 0.2) is 0 Å². The molecule has 0 spiro atoms. The van der Waals surface area contributed by atoms with Crippen molar-refractivity contribution in [2.24, 2.45) is 23.0 Å². The summed E-state index contributed by atoms with van der Waals surface area (Å²) in [6.07, 6.45) is 0.915. The minimum Gasteiger partial charge on any atom is -0.394 e. The molecule has 1 heterocycles. The summed E-state index contributed by atoms with van der Waals surface area (Å²) in [6.45, 7) is 8.53. The Bertz CT molecular complexity index is 370. The highest BCUT2D eigenvalue weighted by atomic mass is 16.5. The largest absolute Gasteiger partial charge is 0.394 e. The molecule has 2 fully saturated rings. The number of carbonyl (C=O) groups is 1. The maximum Gasteiger partial charge on any atom is 0.241 e. The van der Waals surface area contributed by atoms with Crippen molar-refractivity contribution >= 4 is 5.91 Å². The van der Waals surface area contributed by atoms with E-state index in [2.05, 4.69) is 5.32 Å². The fourth-order valence-electron chi connectivity index (χ4n) is 3.56. The van der Waals surface area contributed by atoms with E-state index in [-0.39, 0.29) is 41.9 Å². The molecule has 2 rings (SSSR count). The SMILES string of the molecule is CC(C)[C@@H](CO)NC(=O)C1(N)C2CCOC2C1(C)C. The number of rotatable bonds is 4. The van der Waals surface area contributed by atoms with Crippen molar-refractivity contribution in [1.29, 1.82) is 0 Å². The zero-order valence-electron chi connectivity index (χ0n) is 12.3. The summed E-state index contributed by atoms with van der Waals surface area (Å²) < 4.78 is 5.68. The third kappa shape index (κ3) is 1.90. The summed E-state index contributed by atoms with van der Waals surface area (Å²) in [5.41, 5.74) is 5.18. The number of hydrogen-bond acceptors (Lipinski definition) is 4. The van der Waals surface area contributed by atoms with Crippen LogP contribution in [0.5, 0.6) is 0 Å². The molecule has 0 bridgehead atoms. The first-order valence-corrected chi connectivity index (χ1v) is 7.09. The Morgan fingerprint density at radius 2 is 2.16 bits per heavy atom. The van der Waals surface area contributed by atoms with Gasteiger partial charge in [0.2, 0.25) is 5.91 Å². The van der Waals surface area contributed by atoms with Crippen molar-refractivity contribution in [3.63, 3.8) is 0 Å². The van der Waals surface area contributed by atoms with E-state index in [9.17, 15) is 9.90 Å².